The fraction of sp³-hybridized carbons (Fsp3) is 0.643. The molecule has 0 atom stereocenters. The van der Waals surface area contributed by atoms with E-state index in [0.717, 1.165) is 17.9 Å². The molecule has 6 heteroatoms. The lowest BCUT2D eigenvalue weighted by molar-refractivity contribution is 0.347. The summed E-state index contributed by atoms with van der Waals surface area (Å²) in [5.41, 5.74) is 4.47. The minimum Gasteiger partial charge on any atom is -0.307 e. The largest absolute Gasteiger partial charge is 0.307 e. The second-order valence-electron chi connectivity index (χ2n) is 6.20. The second kappa shape index (κ2) is 5.36. The topological polar surface area (TPSA) is 60.6 Å². The van der Waals surface area contributed by atoms with Crippen LogP contribution in [0, 0.1) is 13.8 Å². The average molecular weight is 276 g/mol. The van der Waals surface area contributed by atoms with Gasteiger partial charge in [-0.1, -0.05) is 5.21 Å². The SMILES string of the molecule is Cc1nn(C)c(C)c1CNCc1cn(C(C)(C)C)nn1. The second-order valence-corrected chi connectivity index (χ2v) is 6.20. The van der Waals surface area contributed by atoms with Gasteiger partial charge in [-0.25, -0.2) is 4.68 Å². The zero-order valence-corrected chi connectivity index (χ0v) is 13.2. The molecule has 0 saturated carbocycles. The van der Waals surface area contributed by atoms with Crippen molar-refractivity contribution in [1.29, 1.82) is 0 Å². The van der Waals surface area contributed by atoms with Gasteiger partial charge in [0.25, 0.3) is 0 Å². The molecule has 2 heterocycles. The molecular formula is C14H24N6. The molecule has 110 valence electrons. The van der Waals surface area contributed by atoms with Gasteiger partial charge in [-0.3, -0.25) is 4.68 Å². The standard InChI is InChI=1S/C14H24N6/c1-10-13(11(2)19(6)17-10)8-15-7-12-9-20(18-16-12)14(3,4)5/h9,15H,7-8H2,1-6H3. The molecule has 2 rings (SSSR count). The number of rotatable bonds is 4. The third-order valence-electron chi connectivity index (χ3n) is 3.49. The molecule has 0 bridgehead atoms. The number of aryl methyl sites for hydroxylation is 2. The van der Waals surface area contributed by atoms with Gasteiger partial charge in [0, 0.05) is 31.4 Å². The summed E-state index contributed by atoms with van der Waals surface area (Å²) in [6.45, 7) is 12.0. The van der Waals surface area contributed by atoms with Crippen LogP contribution in [0.1, 0.15) is 43.4 Å². The highest BCUT2D eigenvalue weighted by atomic mass is 15.4. The lowest BCUT2D eigenvalue weighted by atomic mass is 10.1. The first-order valence-corrected chi connectivity index (χ1v) is 6.90. The minimum atomic E-state index is -0.0260. The summed E-state index contributed by atoms with van der Waals surface area (Å²) in [7, 11) is 1.97. The van der Waals surface area contributed by atoms with Crippen LogP contribution in [0.5, 0.6) is 0 Å². The van der Waals surface area contributed by atoms with Crippen molar-refractivity contribution < 1.29 is 0 Å². The zero-order chi connectivity index (χ0) is 14.9. The number of aromatic nitrogens is 5. The summed E-state index contributed by atoms with van der Waals surface area (Å²) in [6.07, 6.45) is 2.00. The normalized spacial score (nSPS) is 12.1. The van der Waals surface area contributed by atoms with E-state index in [1.54, 1.807) is 0 Å². The number of nitrogens with one attached hydrogen (secondary N) is 1. The van der Waals surface area contributed by atoms with Gasteiger partial charge in [0.1, 0.15) is 0 Å². The summed E-state index contributed by atoms with van der Waals surface area (Å²) >= 11 is 0. The molecule has 2 aromatic heterocycles. The van der Waals surface area contributed by atoms with Crippen LogP contribution in [0.4, 0.5) is 0 Å². The first-order chi connectivity index (χ1) is 9.29. The molecule has 0 spiro atoms. The Hall–Kier alpha value is -1.69. The Morgan fingerprint density at radius 3 is 2.40 bits per heavy atom. The highest BCUT2D eigenvalue weighted by molar-refractivity contribution is 5.24. The van der Waals surface area contributed by atoms with Gasteiger partial charge in [0.15, 0.2) is 0 Å². The number of hydrogen-bond acceptors (Lipinski definition) is 4. The van der Waals surface area contributed by atoms with Crippen LogP contribution in [0.3, 0.4) is 0 Å². The van der Waals surface area contributed by atoms with E-state index in [1.165, 1.54) is 11.3 Å². The predicted octanol–water partition coefficient (Wildman–Crippen LogP) is 1.67. The molecule has 0 aliphatic heterocycles. The summed E-state index contributed by atoms with van der Waals surface area (Å²) in [6, 6.07) is 0. The van der Waals surface area contributed by atoms with Crippen LogP contribution >= 0.6 is 0 Å². The number of hydrogen-bond donors (Lipinski definition) is 1. The Kier molecular flexibility index (Phi) is 3.94. The molecule has 2 aromatic rings. The van der Waals surface area contributed by atoms with Gasteiger partial charge in [0.2, 0.25) is 0 Å². The van der Waals surface area contributed by atoms with E-state index >= 15 is 0 Å². The quantitative estimate of drug-likeness (QED) is 0.923. The Bertz CT molecular complexity index is 587. The third-order valence-corrected chi connectivity index (χ3v) is 3.49. The van der Waals surface area contributed by atoms with E-state index in [0.29, 0.717) is 6.54 Å². The maximum atomic E-state index is 4.42. The van der Waals surface area contributed by atoms with Crippen molar-refractivity contribution in [3.63, 3.8) is 0 Å². The van der Waals surface area contributed by atoms with Crippen LogP contribution in [0.15, 0.2) is 6.20 Å². The van der Waals surface area contributed by atoms with Crippen molar-refractivity contribution in [2.45, 2.75) is 53.2 Å². The summed E-state index contributed by atoms with van der Waals surface area (Å²) in [5.74, 6) is 0. The van der Waals surface area contributed by atoms with Gasteiger partial charge in [0.05, 0.1) is 23.1 Å². The van der Waals surface area contributed by atoms with Crippen LogP contribution in [-0.4, -0.2) is 24.8 Å². The first-order valence-electron chi connectivity index (χ1n) is 6.90. The van der Waals surface area contributed by atoms with Gasteiger partial charge in [-0.15, -0.1) is 5.10 Å². The minimum absolute atomic E-state index is 0.0260. The Morgan fingerprint density at radius 1 is 1.20 bits per heavy atom. The van der Waals surface area contributed by atoms with Crippen LogP contribution in [-0.2, 0) is 25.7 Å². The highest BCUT2D eigenvalue weighted by Crippen LogP contribution is 2.13. The molecule has 0 amide bonds. The van der Waals surface area contributed by atoms with E-state index in [9.17, 15) is 0 Å². The maximum absolute atomic E-state index is 4.42. The van der Waals surface area contributed by atoms with E-state index in [4.69, 9.17) is 0 Å². The van der Waals surface area contributed by atoms with E-state index in [2.05, 4.69) is 48.4 Å². The fourth-order valence-electron chi connectivity index (χ4n) is 2.10. The molecular weight excluding hydrogens is 252 g/mol. The fourth-order valence-corrected chi connectivity index (χ4v) is 2.10. The Labute approximate surface area is 120 Å². The number of nitrogens with zero attached hydrogens (tertiary/aromatic N) is 5. The van der Waals surface area contributed by atoms with Gasteiger partial charge in [-0.05, 0) is 34.6 Å². The maximum Gasteiger partial charge on any atom is 0.0965 e. The Morgan fingerprint density at radius 2 is 1.90 bits per heavy atom. The molecule has 20 heavy (non-hydrogen) atoms. The summed E-state index contributed by atoms with van der Waals surface area (Å²) < 4.78 is 3.81. The zero-order valence-electron chi connectivity index (χ0n) is 13.2. The average Bonchev–Trinajstić information content (AvgIpc) is 2.89. The van der Waals surface area contributed by atoms with E-state index < -0.39 is 0 Å². The lowest BCUT2D eigenvalue weighted by Crippen LogP contribution is -2.22. The molecule has 0 saturated heterocycles. The van der Waals surface area contributed by atoms with Crippen molar-refractivity contribution in [3.8, 4) is 0 Å². The van der Waals surface area contributed by atoms with Crippen LogP contribution < -0.4 is 5.32 Å². The van der Waals surface area contributed by atoms with Gasteiger partial charge < -0.3 is 5.32 Å². The van der Waals surface area contributed by atoms with E-state index in [-0.39, 0.29) is 5.54 Å². The van der Waals surface area contributed by atoms with Crippen molar-refractivity contribution in [2.24, 2.45) is 7.05 Å². The summed E-state index contributed by atoms with van der Waals surface area (Å²) in [5, 5.41) is 16.2. The first kappa shape index (κ1) is 14.7. The monoisotopic (exact) mass is 276 g/mol. The van der Waals surface area contributed by atoms with Crippen molar-refractivity contribution in [2.75, 3.05) is 0 Å². The molecule has 0 aromatic carbocycles. The predicted molar refractivity (Wildman–Crippen MR) is 78.2 cm³/mol. The van der Waals surface area contributed by atoms with Crippen molar-refractivity contribution >= 4 is 0 Å². The van der Waals surface area contributed by atoms with Crippen molar-refractivity contribution in [1.82, 2.24) is 30.1 Å². The molecule has 1 N–H and O–H groups in total. The molecule has 0 unspecified atom stereocenters. The molecule has 0 fully saturated rings. The third kappa shape index (κ3) is 3.07. The lowest BCUT2D eigenvalue weighted by Gasteiger charge is -2.17. The van der Waals surface area contributed by atoms with Gasteiger partial charge >= 0.3 is 0 Å². The highest BCUT2D eigenvalue weighted by Gasteiger charge is 2.15. The van der Waals surface area contributed by atoms with Crippen molar-refractivity contribution in [3.05, 3.63) is 28.8 Å². The Balaban J connectivity index is 1.95. The smallest absolute Gasteiger partial charge is 0.0965 e. The van der Waals surface area contributed by atoms with Crippen LogP contribution in [0.25, 0.3) is 0 Å². The molecule has 0 aliphatic carbocycles. The van der Waals surface area contributed by atoms with Gasteiger partial charge in [-0.2, -0.15) is 5.10 Å². The molecule has 0 aliphatic rings. The molecule has 6 nitrogen and oxygen atoms in total. The summed E-state index contributed by atoms with van der Waals surface area (Å²) in [4.78, 5) is 0. The molecule has 0 radical (unpaired) electrons. The van der Waals surface area contributed by atoms with Crippen LogP contribution in [0.2, 0.25) is 0 Å². The van der Waals surface area contributed by atoms with E-state index in [1.807, 2.05) is 29.5 Å².